The topological polar surface area (TPSA) is 191 Å². The molecular formula is C21H27N3O12. The van der Waals surface area contributed by atoms with E-state index >= 15 is 0 Å². The first-order valence-corrected chi connectivity index (χ1v) is 10.6. The van der Waals surface area contributed by atoms with Crippen molar-refractivity contribution < 1.29 is 48.0 Å². The van der Waals surface area contributed by atoms with Gasteiger partial charge in [-0.15, -0.1) is 0 Å². The van der Waals surface area contributed by atoms with Crippen LogP contribution in [0.25, 0.3) is 0 Å². The predicted molar refractivity (Wildman–Crippen MR) is 118 cm³/mol. The summed E-state index contributed by atoms with van der Waals surface area (Å²) in [7, 11) is 2.41. The zero-order valence-corrected chi connectivity index (χ0v) is 20.5. The van der Waals surface area contributed by atoms with Crippen LogP contribution >= 0.6 is 0 Å². The van der Waals surface area contributed by atoms with Crippen LogP contribution in [0.15, 0.2) is 14.6 Å². The zero-order chi connectivity index (χ0) is 27.3. The third kappa shape index (κ3) is 6.56. The molecule has 198 valence electrons. The Balaban J connectivity index is 2.64. The first kappa shape index (κ1) is 28.2. The monoisotopic (exact) mass is 513 g/mol. The van der Waals surface area contributed by atoms with Crippen molar-refractivity contribution in [2.24, 2.45) is 19.1 Å². The maximum absolute atomic E-state index is 12.5. The van der Waals surface area contributed by atoms with Crippen LogP contribution in [0.3, 0.4) is 0 Å². The molecule has 2 rings (SSSR count). The number of hydrogen-bond donors (Lipinski definition) is 1. The van der Waals surface area contributed by atoms with Crippen molar-refractivity contribution in [2.45, 2.75) is 58.3 Å². The lowest BCUT2D eigenvalue weighted by atomic mass is 9.96. The van der Waals surface area contributed by atoms with Gasteiger partial charge in [-0.1, -0.05) is 0 Å². The molecule has 0 aliphatic carbocycles. The summed E-state index contributed by atoms with van der Waals surface area (Å²) in [6.45, 7) is 3.89. The Morgan fingerprint density at radius 3 is 2.00 bits per heavy atom. The number of ether oxygens (including phenoxy) is 5. The quantitative estimate of drug-likeness (QED) is 0.247. The Morgan fingerprint density at radius 1 is 0.917 bits per heavy atom. The Hall–Kier alpha value is -4.01. The van der Waals surface area contributed by atoms with Crippen LogP contribution in [0, 0.1) is 0 Å². The number of aromatic hydroxyl groups is 1. The van der Waals surface area contributed by atoms with Gasteiger partial charge in [0.2, 0.25) is 12.2 Å². The van der Waals surface area contributed by atoms with E-state index in [9.17, 15) is 33.9 Å². The molecule has 0 radical (unpaired) electrons. The molecule has 15 heteroatoms. The summed E-state index contributed by atoms with van der Waals surface area (Å²) >= 11 is 0. The Labute approximate surface area is 204 Å². The molecule has 1 aliphatic heterocycles. The maximum Gasteiger partial charge on any atom is 0.333 e. The molecule has 0 spiro atoms. The second kappa shape index (κ2) is 11.6. The summed E-state index contributed by atoms with van der Waals surface area (Å²) < 4.78 is 28.0. The molecule has 0 saturated carbocycles. The van der Waals surface area contributed by atoms with Crippen molar-refractivity contribution in [1.29, 1.82) is 0 Å². The number of aromatic nitrogens is 2. The van der Waals surface area contributed by atoms with Crippen LogP contribution in [0.1, 0.15) is 33.3 Å². The van der Waals surface area contributed by atoms with Gasteiger partial charge in [0.05, 0.1) is 0 Å². The van der Waals surface area contributed by atoms with Gasteiger partial charge in [0.25, 0.3) is 5.56 Å². The van der Waals surface area contributed by atoms with E-state index in [1.807, 2.05) is 0 Å². The second-order valence-electron chi connectivity index (χ2n) is 7.81. The van der Waals surface area contributed by atoms with E-state index in [1.165, 1.54) is 14.1 Å². The summed E-state index contributed by atoms with van der Waals surface area (Å²) in [5.74, 6) is -3.84. The highest BCUT2D eigenvalue weighted by molar-refractivity contribution is 5.82. The third-order valence-electron chi connectivity index (χ3n) is 4.99. The number of carbonyl (C=O) groups is 4. The van der Waals surface area contributed by atoms with Crippen molar-refractivity contribution >= 4 is 30.1 Å². The van der Waals surface area contributed by atoms with Crippen molar-refractivity contribution in [3.05, 3.63) is 26.4 Å². The lowest BCUT2D eigenvalue weighted by molar-refractivity contribution is -0.266. The van der Waals surface area contributed by atoms with Crippen LogP contribution in [0.2, 0.25) is 0 Å². The molecule has 1 fully saturated rings. The van der Waals surface area contributed by atoms with Crippen LogP contribution in [-0.2, 0) is 57.0 Å². The number of esters is 4. The molecule has 5 atom stereocenters. The van der Waals surface area contributed by atoms with E-state index in [0.29, 0.717) is 0 Å². The summed E-state index contributed by atoms with van der Waals surface area (Å²) in [6, 6.07) is -1.42. The van der Waals surface area contributed by atoms with Crippen LogP contribution in [0.5, 0.6) is 5.88 Å². The van der Waals surface area contributed by atoms with E-state index in [1.54, 1.807) is 0 Å². The van der Waals surface area contributed by atoms with Gasteiger partial charge < -0.3 is 28.8 Å². The second-order valence-corrected chi connectivity index (χ2v) is 7.81. The smallest absolute Gasteiger partial charge is 0.333 e. The molecule has 36 heavy (non-hydrogen) atoms. The minimum atomic E-state index is -1.56. The van der Waals surface area contributed by atoms with Crippen LogP contribution in [-0.4, -0.2) is 81.6 Å². The van der Waals surface area contributed by atoms with Gasteiger partial charge in [-0.2, -0.15) is 0 Å². The van der Waals surface area contributed by atoms with Crippen molar-refractivity contribution in [3.8, 4) is 5.88 Å². The van der Waals surface area contributed by atoms with E-state index < -0.39 is 83.8 Å². The first-order chi connectivity index (χ1) is 16.7. The minimum Gasteiger partial charge on any atom is -0.494 e. The number of nitrogens with zero attached hydrogens (tertiary/aromatic N) is 3. The summed E-state index contributed by atoms with van der Waals surface area (Å²) in [5.41, 5.74) is -2.10. The van der Waals surface area contributed by atoms with Gasteiger partial charge in [-0.3, -0.25) is 38.1 Å². The van der Waals surface area contributed by atoms with Gasteiger partial charge in [0, 0.05) is 48.0 Å². The molecule has 0 amide bonds. The number of aliphatic imine (C=N–C) groups is 1. The average Bonchev–Trinajstić information content (AvgIpc) is 2.77. The molecule has 1 aromatic heterocycles. The maximum atomic E-state index is 12.5. The molecule has 1 N–H and O–H groups in total. The van der Waals surface area contributed by atoms with Crippen molar-refractivity contribution in [3.63, 3.8) is 0 Å². The Morgan fingerprint density at radius 2 is 1.47 bits per heavy atom. The average molecular weight is 513 g/mol. The van der Waals surface area contributed by atoms with Gasteiger partial charge in [-0.25, -0.2) is 4.79 Å². The molecule has 2 heterocycles. The van der Waals surface area contributed by atoms with E-state index in [0.717, 1.165) is 43.0 Å². The number of rotatable bonds is 7. The standard InChI is InChI=1S/C21H27N3O12/c1-9(25)32-8-14-16(33-10(2)26)17(34-11(3)27)15(20(36-14)35-12(4)28)22-7-13-18(29)23(5)21(31)24(6)19(13)30/h7,14-17,20,29H,8H2,1-6H3/t14?,15?,16-,17-,20?/m1/s1. The Kier molecular flexibility index (Phi) is 9.11. The highest BCUT2D eigenvalue weighted by Crippen LogP contribution is 2.30. The van der Waals surface area contributed by atoms with E-state index in [4.69, 9.17) is 23.7 Å². The molecule has 3 unspecified atom stereocenters. The zero-order valence-electron chi connectivity index (χ0n) is 20.5. The normalized spacial score (nSPS) is 23.7. The third-order valence-corrected chi connectivity index (χ3v) is 4.99. The first-order valence-electron chi connectivity index (χ1n) is 10.6. The molecule has 0 bridgehead atoms. The lowest BCUT2D eigenvalue weighted by Crippen LogP contribution is -2.61. The van der Waals surface area contributed by atoms with E-state index in [2.05, 4.69) is 4.99 Å². The highest BCUT2D eigenvalue weighted by Gasteiger charge is 2.51. The fourth-order valence-electron chi connectivity index (χ4n) is 3.44. The fourth-order valence-corrected chi connectivity index (χ4v) is 3.44. The summed E-state index contributed by atoms with van der Waals surface area (Å²) in [5, 5.41) is 10.3. The molecule has 1 aromatic rings. The van der Waals surface area contributed by atoms with Crippen molar-refractivity contribution in [2.75, 3.05) is 6.61 Å². The van der Waals surface area contributed by atoms with Crippen LogP contribution in [0.4, 0.5) is 0 Å². The van der Waals surface area contributed by atoms with E-state index in [-0.39, 0.29) is 0 Å². The van der Waals surface area contributed by atoms with Gasteiger partial charge in [-0.05, 0) is 0 Å². The predicted octanol–water partition coefficient (Wildman–Crippen LogP) is -1.71. The minimum absolute atomic E-state index is 0.408. The largest absolute Gasteiger partial charge is 0.494 e. The van der Waals surface area contributed by atoms with Gasteiger partial charge in [0.1, 0.15) is 18.3 Å². The highest BCUT2D eigenvalue weighted by atomic mass is 16.7. The van der Waals surface area contributed by atoms with Crippen LogP contribution < -0.4 is 11.2 Å². The van der Waals surface area contributed by atoms with Crippen molar-refractivity contribution in [1.82, 2.24) is 9.13 Å². The lowest BCUT2D eigenvalue weighted by Gasteiger charge is -2.42. The molecule has 1 aliphatic rings. The van der Waals surface area contributed by atoms with Gasteiger partial charge >= 0.3 is 29.6 Å². The summed E-state index contributed by atoms with van der Waals surface area (Å²) in [4.78, 5) is 75.5. The fraction of sp³-hybridized carbons (Fsp3) is 0.571. The van der Waals surface area contributed by atoms with Gasteiger partial charge in [0.15, 0.2) is 18.2 Å². The molecule has 1 saturated heterocycles. The Bertz CT molecular complexity index is 1180. The SMILES string of the molecule is CC(=O)OCC1OC(OC(C)=O)C(N=Cc2c(O)n(C)c(=O)n(C)c2=O)[C@@H](OC(C)=O)[C@@H]1OC(C)=O. The number of hydrogen-bond acceptors (Lipinski definition) is 13. The molecule has 0 aromatic carbocycles. The summed E-state index contributed by atoms with van der Waals surface area (Å²) in [6.07, 6.45) is -4.74. The number of carbonyl (C=O) groups excluding carboxylic acids is 4. The molecule has 15 nitrogen and oxygen atoms in total. The molecular weight excluding hydrogens is 486 g/mol.